The zero-order valence-corrected chi connectivity index (χ0v) is 12.9. The van der Waals surface area contributed by atoms with Crippen LogP contribution in [0.2, 0.25) is 0 Å². The standard InChI is InChI=1S/C15H23NO3S/c1-14-6-8-15(9-7-14)20(17,18)19-13-5-12-16-10-3-2-4-11-16/h6-9H,2-5,10-13H2,1H3. The Morgan fingerprint density at radius 1 is 1.10 bits per heavy atom. The summed E-state index contributed by atoms with van der Waals surface area (Å²) >= 11 is 0. The van der Waals surface area contributed by atoms with Crippen LogP contribution in [0.25, 0.3) is 0 Å². The molecule has 0 bridgehead atoms. The van der Waals surface area contributed by atoms with Crippen LogP contribution in [-0.2, 0) is 14.3 Å². The van der Waals surface area contributed by atoms with Crippen LogP contribution < -0.4 is 0 Å². The number of hydrogen-bond donors (Lipinski definition) is 0. The second kappa shape index (κ2) is 7.20. The third kappa shape index (κ3) is 4.58. The number of piperidine rings is 1. The summed E-state index contributed by atoms with van der Waals surface area (Å²) in [5.74, 6) is 0. The molecule has 5 heteroatoms. The van der Waals surface area contributed by atoms with E-state index in [2.05, 4.69) is 4.90 Å². The minimum absolute atomic E-state index is 0.237. The topological polar surface area (TPSA) is 46.6 Å². The molecule has 0 spiro atoms. The summed E-state index contributed by atoms with van der Waals surface area (Å²) in [6.45, 7) is 5.36. The molecule has 1 fully saturated rings. The summed E-state index contributed by atoms with van der Waals surface area (Å²) in [4.78, 5) is 2.62. The van der Waals surface area contributed by atoms with Crippen LogP contribution in [0, 0.1) is 6.92 Å². The highest BCUT2D eigenvalue weighted by Gasteiger charge is 2.15. The van der Waals surface area contributed by atoms with Crippen molar-refractivity contribution in [1.82, 2.24) is 4.90 Å². The molecule has 0 aromatic heterocycles. The van der Waals surface area contributed by atoms with E-state index in [0.717, 1.165) is 31.6 Å². The lowest BCUT2D eigenvalue weighted by atomic mass is 10.1. The first-order valence-electron chi connectivity index (χ1n) is 7.26. The fraction of sp³-hybridized carbons (Fsp3) is 0.600. The van der Waals surface area contributed by atoms with Gasteiger partial charge in [0.1, 0.15) is 0 Å². The zero-order chi connectivity index (χ0) is 14.4. The third-order valence-electron chi connectivity index (χ3n) is 3.62. The lowest BCUT2D eigenvalue weighted by Gasteiger charge is -2.26. The lowest BCUT2D eigenvalue weighted by Crippen LogP contribution is -2.31. The summed E-state index contributed by atoms with van der Waals surface area (Å²) in [6.07, 6.45) is 4.57. The van der Waals surface area contributed by atoms with Crippen molar-refractivity contribution < 1.29 is 12.6 Å². The van der Waals surface area contributed by atoms with Gasteiger partial charge in [0, 0.05) is 6.54 Å². The van der Waals surface area contributed by atoms with Crippen LogP contribution in [-0.4, -0.2) is 39.6 Å². The van der Waals surface area contributed by atoms with E-state index in [0.29, 0.717) is 0 Å². The minimum Gasteiger partial charge on any atom is -0.303 e. The van der Waals surface area contributed by atoms with Crippen molar-refractivity contribution in [3.8, 4) is 0 Å². The monoisotopic (exact) mass is 297 g/mol. The van der Waals surface area contributed by atoms with Gasteiger partial charge in [-0.2, -0.15) is 8.42 Å². The average Bonchev–Trinajstić information content (AvgIpc) is 2.45. The van der Waals surface area contributed by atoms with Gasteiger partial charge in [0.05, 0.1) is 11.5 Å². The van der Waals surface area contributed by atoms with Crippen molar-refractivity contribution in [1.29, 1.82) is 0 Å². The van der Waals surface area contributed by atoms with E-state index in [1.807, 2.05) is 6.92 Å². The molecular weight excluding hydrogens is 274 g/mol. The Morgan fingerprint density at radius 3 is 2.40 bits per heavy atom. The van der Waals surface area contributed by atoms with Gasteiger partial charge in [-0.25, -0.2) is 0 Å². The van der Waals surface area contributed by atoms with Gasteiger partial charge in [0.25, 0.3) is 10.1 Å². The van der Waals surface area contributed by atoms with Gasteiger partial charge in [-0.15, -0.1) is 0 Å². The van der Waals surface area contributed by atoms with Crippen molar-refractivity contribution in [2.45, 2.75) is 37.5 Å². The normalized spacial score (nSPS) is 17.2. The molecule has 1 aromatic carbocycles. The van der Waals surface area contributed by atoms with Crippen LogP contribution in [0.5, 0.6) is 0 Å². The number of aryl methyl sites for hydroxylation is 1. The Morgan fingerprint density at radius 2 is 1.75 bits per heavy atom. The maximum absolute atomic E-state index is 12.0. The summed E-state index contributed by atoms with van der Waals surface area (Å²) in [5.41, 5.74) is 1.04. The fourth-order valence-electron chi connectivity index (χ4n) is 2.41. The van der Waals surface area contributed by atoms with Crippen LogP contribution in [0.15, 0.2) is 29.2 Å². The highest BCUT2D eigenvalue weighted by Crippen LogP contribution is 2.14. The molecule has 1 aliphatic rings. The minimum atomic E-state index is -3.60. The summed E-state index contributed by atoms with van der Waals surface area (Å²) in [5, 5.41) is 0. The second-order valence-electron chi connectivity index (χ2n) is 5.35. The van der Waals surface area contributed by atoms with Gasteiger partial charge in [-0.05, 0) is 51.4 Å². The van der Waals surface area contributed by atoms with Gasteiger partial charge in [-0.3, -0.25) is 4.18 Å². The highest BCUT2D eigenvalue weighted by atomic mass is 32.2. The smallest absolute Gasteiger partial charge is 0.296 e. The average molecular weight is 297 g/mol. The summed E-state index contributed by atoms with van der Waals surface area (Å²) in [7, 11) is -3.60. The quantitative estimate of drug-likeness (QED) is 0.598. The zero-order valence-electron chi connectivity index (χ0n) is 12.0. The first kappa shape index (κ1) is 15.5. The van der Waals surface area contributed by atoms with Gasteiger partial charge in [0.2, 0.25) is 0 Å². The second-order valence-corrected chi connectivity index (χ2v) is 6.96. The highest BCUT2D eigenvalue weighted by molar-refractivity contribution is 7.86. The largest absolute Gasteiger partial charge is 0.303 e. The Bertz CT molecular complexity index is 504. The van der Waals surface area contributed by atoms with Crippen molar-refractivity contribution in [3.63, 3.8) is 0 Å². The van der Waals surface area contributed by atoms with Crippen molar-refractivity contribution in [3.05, 3.63) is 29.8 Å². The molecular formula is C15H23NO3S. The van der Waals surface area contributed by atoms with Crippen molar-refractivity contribution in [2.24, 2.45) is 0 Å². The maximum Gasteiger partial charge on any atom is 0.296 e. The van der Waals surface area contributed by atoms with Crippen LogP contribution in [0.1, 0.15) is 31.2 Å². The molecule has 0 amide bonds. The number of hydrogen-bond acceptors (Lipinski definition) is 4. The fourth-order valence-corrected chi connectivity index (χ4v) is 3.36. The predicted molar refractivity (Wildman–Crippen MR) is 79.2 cm³/mol. The van der Waals surface area contributed by atoms with Gasteiger partial charge < -0.3 is 4.90 Å². The molecule has 0 aliphatic carbocycles. The molecule has 0 saturated carbocycles. The third-order valence-corrected chi connectivity index (χ3v) is 4.94. The first-order valence-corrected chi connectivity index (χ1v) is 8.67. The van der Waals surface area contributed by atoms with Crippen LogP contribution >= 0.6 is 0 Å². The molecule has 1 saturated heterocycles. The van der Waals surface area contributed by atoms with E-state index in [4.69, 9.17) is 4.18 Å². The summed E-state index contributed by atoms with van der Waals surface area (Å²) < 4.78 is 29.0. The van der Waals surface area contributed by atoms with Gasteiger partial charge >= 0.3 is 0 Å². The van der Waals surface area contributed by atoms with E-state index in [1.54, 1.807) is 24.3 Å². The van der Waals surface area contributed by atoms with Gasteiger partial charge in [0.15, 0.2) is 0 Å². The molecule has 0 atom stereocenters. The van der Waals surface area contributed by atoms with E-state index in [1.165, 1.54) is 19.3 Å². The number of nitrogens with zero attached hydrogens (tertiary/aromatic N) is 1. The molecule has 0 N–H and O–H groups in total. The van der Waals surface area contributed by atoms with E-state index >= 15 is 0 Å². The van der Waals surface area contributed by atoms with Crippen molar-refractivity contribution in [2.75, 3.05) is 26.2 Å². The molecule has 2 rings (SSSR count). The van der Waals surface area contributed by atoms with Crippen LogP contribution in [0.4, 0.5) is 0 Å². The Kier molecular flexibility index (Phi) is 5.57. The molecule has 0 radical (unpaired) electrons. The molecule has 20 heavy (non-hydrogen) atoms. The Labute approximate surface area is 121 Å². The summed E-state index contributed by atoms with van der Waals surface area (Å²) in [6, 6.07) is 6.75. The molecule has 0 unspecified atom stereocenters. The van der Waals surface area contributed by atoms with Gasteiger partial charge in [-0.1, -0.05) is 24.1 Å². The van der Waals surface area contributed by atoms with E-state index < -0.39 is 10.1 Å². The Hall–Kier alpha value is -0.910. The SMILES string of the molecule is Cc1ccc(S(=O)(=O)OCCCN2CCCCC2)cc1. The number of rotatable bonds is 6. The molecule has 4 nitrogen and oxygen atoms in total. The molecule has 1 aliphatic heterocycles. The molecule has 112 valence electrons. The number of likely N-dealkylation sites (tertiary alicyclic amines) is 1. The molecule has 1 heterocycles. The van der Waals surface area contributed by atoms with E-state index in [-0.39, 0.29) is 11.5 Å². The van der Waals surface area contributed by atoms with Crippen LogP contribution in [0.3, 0.4) is 0 Å². The lowest BCUT2D eigenvalue weighted by molar-refractivity contribution is 0.206. The van der Waals surface area contributed by atoms with Crippen molar-refractivity contribution >= 4 is 10.1 Å². The number of benzene rings is 1. The van der Waals surface area contributed by atoms with E-state index in [9.17, 15) is 8.42 Å². The molecule has 1 aromatic rings. The Balaban J connectivity index is 1.76. The predicted octanol–water partition coefficient (Wildman–Crippen LogP) is 2.58. The maximum atomic E-state index is 12.0. The first-order chi connectivity index (χ1) is 9.58.